The van der Waals surface area contributed by atoms with Crippen molar-refractivity contribution >= 4 is 12.0 Å². The molecular formula is C12H12F2O3. The van der Waals surface area contributed by atoms with E-state index in [1.54, 1.807) is 6.92 Å². The molecule has 5 heteroatoms. The van der Waals surface area contributed by atoms with E-state index in [2.05, 4.69) is 4.74 Å². The number of carbonyl (C=O) groups excluding carboxylic acids is 1. The van der Waals surface area contributed by atoms with E-state index in [4.69, 9.17) is 4.74 Å². The summed E-state index contributed by atoms with van der Waals surface area (Å²) in [4.78, 5) is 11.0. The third-order valence-electron chi connectivity index (χ3n) is 1.93. The molecule has 1 aromatic rings. The van der Waals surface area contributed by atoms with Gasteiger partial charge >= 0.3 is 5.97 Å². The molecule has 0 radical (unpaired) electrons. The lowest BCUT2D eigenvalue weighted by atomic mass is 10.1. The van der Waals surface area contributed by atoms with Crippen LogP contribution < -0.4 is 4.74 Å². The zero-order chi connectivity index (χ0) is 12.8. The number of halogens is 2. The van der Waals surface area contributed by atoms with Gasteiger partial charge in [-0.05, 0) is 19.1 Å². The van der Waals surface area contributed by atoms with Gasteiger partial charge in [-0.15, -0.1) is 0 Å². The Hall–Kier alpha value is -1.91. The Morgan fingerprint density at radius 3 is 2.71 bits per heavy atom. The van der Waals surface area contributed by atoms with Crippen molar-refractivity contribution in [3.8, 4) is 5.75 Å². The van der Waals surface area contributed by atoms with Crippen LogP contribution in [0.15, 0.2) is 18.2 Å². The van der Waals surface area contributed by atoms with Crippen LogP contribution in [-0.4, -0.2) is 19.7 Å². The molecule has 0 aliphatic heterocycles. The molecule has 0 aromatic heterocycles. The lowest BCUT2D eigenvalue weighted by molar-refractivity contribution is -0.137. The molecule has 0 aliphatic rings. The molecule has 0 saturated carbocycles. The second-order valence-corrected chi connectivity index (χ2v) is 3.10. The summed E-state index contributed by atoms with van der Waals surface area (Å²) < 4.78 is 35.7. The number of ether oxygens (including phenoxy) is 2. The zero-order valence-corrected chi connectivity index (χ0v) is 9.50. The van der Waals surface area contributed by atoms with E-state index >= 15 is 0 Å². The highest BCUT2D eigenvalue weighted by molar-refractivity contribution is 5.87. The number of hydrogen-bond acceptors (Lipinski definition) is 3. The van der Waals surface area contributed by atoms with Crippen LogP contribution in [0.2, 0.25) is 0 Å². The number of carbonyl (C=O) groups is 1. The van der Waals surface area contributed by atoms with Crippen molar-refractivity contribution in [1.29, 1.82) is 0 Å². The standard InChI is InChI=1S/C12H12F2O3/c1-3-17-11(15)5-4-8-6-9(13)7-10(14)12(8)16-2/h4-7H,3H2,1-2H3. The lowest BCUT2D eigenvalue weighted by Gasteiger charge is -2.06. The van der Waals surface area contributed by atoms with Gasteiger partial charge < -0.3 is 9.47 Å². The average molecular weight is 242 g/mol. The highest BCUT2D eigenvalue weighted by Crippen LogP contribution is 2.25. The Morgan fingerprint density at radius 2 is 2.12 bits per heavy atom. The maximum absolute atomic E-state index is 13.3. The van der Waals surface area contributed by atoms with Crippen molar-refractivity contribution in [2.24, 2.45) is 0 Å². The summed E-state index contributed by atoms with van der Waals surface area (Å²) in [5, 5.41) is 0. The second-order valence-electron chi connectivity index (χ2n) is 3.10. The van der Waals surface area contributed by atoms with Gasteiger partial charge in [0.25, 0.3) is 0 Å². The van der Waals surface area contributed by atoms with Crippen molar-refractivity contribution in [3.63, 3.8) is 0 Å². The number of esters is 1. The van der Waals surface area contributed by atoms with E-state index < -0.39 is 17.6 Å². The zero-order valence-electron chi connectivity index (χ0n) is 9.50. The van der Waals surface area contributed by atoms with Crippen LogP contribution >= 0.6 is 0 Å². The van der Waals surface area contributed by atoms with Crippen molar-refractivity contribution < 1.29 is 23.0 Å². The molecule has 3 nitrogen and oxygen atoms in total. The first kappa shape index (κ1) is 13.2. The first-order chi connectivity index (χ1) is 8.08. The second kappa shape index (κ2) is 5.98. The first-order valence-electron chi connectivity index (χ1n) is 4.96. The molecule has 0 spiro atoms. The molecule has 0 bridgehead atoms. The minimum Gasteiger partial charge on any atom is -0.493 e. The molecule has 1 aromatic carbocycles. The fourth-order valence-electron chi connectivity index (χ4n) is 1.27. The number of benzene rings is 1. The van der Waals surface area contributed by atoms with Gasteiger partial charge in [-0.2, -0.15) is 0 Å². The summed E-state index contributed by atoms with van der Waals surface area (Å²) in [7, 11) is 1.26. The van der Waals surface area contributed by atoms with Crippen molar-refractivity contribution in [3.05, 3.63) is 35.4 Å². The van der Waals surface area contributed by atoms with Gasteiger partial charge in [-0.25, -0.2) is 13.6 Å². The summed E-state index contributed by atoms with van der Waals surface area (Å²) in [6.45, 7) is 1.89. The van der Waals surface area contributed by atoms with Gasteiger partial charge in [0.1, 0.15) is 5.82 Å². The number of methoxy groups -OCH3 is 1. The van der Waals surface area contributed by atoms with E-state index in [1.165, 1.54) is 13.2 Å². The highest BCUT2D eigenvalue weighted by Gasteiger charge is 2.10. The fourth-order valence-corrected chi connectivity index (χ4v) is 1.27. The van der Waals surface area contributed by atoms with Crippen molar-refractivity contribution in [1.82, 2.24) is 0 Å². The van der Waals surface area contributed by atoms with Gasteiger partial charge in [0.15, 0.2) is 11.6 Å². The molecule has 0 unspecified atom stereocenters. The Morgan fingerprint density at radius 1 is 1.41 bits per heavy atom. The smallest absolute Gasteiger partial charge is 0.330 e. The molecule has 17 heavy (non-hydrogen) atoms. The van der Waals surface area contributed by atoms with E-state index in [0.29, 0.717) is 6.07 Å². The van der Waals surface area contributed by atoms with Gasteiger partial charge in [0.2, 0.25) is 0 Å². The quantitative estimate of drug-likeness (QED) is 0.601. The van der Waals surface area contributed by atoms with Crippen molar-refractivity contribution in [2.45, 2.75) is 6.92 Å². The van der Waals surface area contributed by atoms with Gasteiger partial charge in [0, 0.05) is 17.7 Å². The van der Waals surface area contributed by atoms with Crippen LogP contribution in [0.3, 0.4) is 0 Å². The normalized spacial score (nSPS) is 10.6. The molecule has 0 N–H and O–H groups in total. The van der Waals surface area contributed by atoms with Gasteiger partial charge in [-0.1, -0.05) is 0 Å². The minimum atomic E-state index is -0.823. The molecular weight excluding hydrogens is 230 g/mol. The highest BCUT2D eigenvalue weighted by atomic mass is 19.1. The van der Waals surface area contributed by atoms with Crippen LogP contribution in [0.5, 0.6) is 5.75 Å². The Labute approximate surface area is 97.7 Å². The Kier molecular flexibility index (Phi) is 4.63. The van der Waals surface area contributed by atoms with Crippen LogP contribution in [0.1, 0.15) is 12.5 Å². The molecule has 0 fully saturated rings. The van der Waals surface area contributed by atoms with Gasteiger partial charge in [0.05, 0.1) is 13.7 Å². The molecule has 1 rings (SSSR count). The van der Waals surface area contributed by atoms with Crippen LogP contribution in [0.25, 0.3) is 6.08 Å². The Bertz CT molecular complexity index is 442. The summed E-state index contributed by atoms with van der Waals surface area (Å²) >= 11 is 0. The van der Waals surface area contributed by atoms with E-state index in [0.717, 1.165) is 12.1 Å². The minimum absolute atomic E-state index is 0.119. The third-order valence-corrected chi connectivity index (χ3v) is 1.93. The summed E-state index contributed by atoms with van der Waals surface area (Å²) in [5.41, 5.74) is 0.137. The summed E-state index contributed by atoms with van der Waals surface area (Å²) in [6.07, 6.45) is 2.32. The van der Waals surface area contributed by atoms with Crippen LogP contribution in [0, 0.1) is 11.6 Å². The summed E-state index contributed by atoms with van der Waals surface area (Å²) in [5.74, 6) is -2.27. The fraction of sp³-hybridized carbons (Fsp3) is 0.250. The van der Waals surface area contributed by atoms with E-state index in [1.807, 2.05) is 0 Å². The largest absolute Gasteiger partial charge is 0.493 e. The molecule has 0 saturated heterocycles. The maximum atomic E-state index is 13.3. The van der Waals surface area contributed by atoms with Gasteiger partial charge in [-0.3, -0.25) is 0 Å². The maximum Gasteiger partial charge on any atom is 0.330 e. The number of hydrogen-bond donors (Lipinski definition) is 0. The number of rotatable bonds is 4. The lowest BCUT2D eigenvalue weighted by Crippen LogP contribution is -1.99. The third kappa shape index (κ3) is 3.55. The predicted octanol–water partition coefficient (Wildman–Crippen LogP) is 2.55. The van der Waals surface area contributed by atoms with Crippen LogP contribution in [-0.2, 0) is 9.53 Å². The topological polar surface area (TPSA) is 35.5 Å². The molecule has 0 aliphatic carbocycles. The average Bonchev–Trinajstić information content (AvgIpc) is 2.26. The molecule has 0 atom stereocenters. The molecule has 0 heterocycles. The van der Waals surface area contributed by atoms with Crippen molar-refractivity contribution in [2.75, 3.05) is 13.7 Å². The predicted molar refractivity (Wildman–Crippen MR) is 58.6 cm³/mol. The van der Waals surface area contributed by atoms with E-state index in [-0.39, 0.29) is 17.9 Å². The molecule has 92 valence electrons. The monoisotopic (exact) mass is 242 g/mol. The van der Waals surface area contributed by atoms with E-state index in [9.17, 15) is 13.6 Å². The SMILES string of the molecule is CCOC(=O)C=Cc1cc(F)cc(F)c1OC. The molecule has 0 amide bonds. The first-order valence-corrected chi connectivity index (χ1v) is 4.96. The Balaban J connectivity index is 3.01. The summed E-state index contributed by atoms with van der Waals surface area (Å²) in [6, 6.07) is 1.78. The van der Waals surface area contributed by atoms with Crippen LogP contribution in [0.4, 0.5) is 8.78 Å².